The van der Waals surface area contributed by atoms with E-state index in [9.17, 15) is 0 Å². The molecule has 0 aliphatic carbocycles. The van der Waals surface area contributed by atoms with Crippen molar-refractivity contribution in [2.24, 2.45) is 0 Å². The Morgan fingerprint density at radius 3 is 2.84 bits per heavy atom. The third kappa shape index (κ3) is 3.61. The molecule has 0 bridgehead atoms. The van der Waals surface area contributed by atoms with Crippen LogP contribution in [-0.4, -0.2) is 26.8 Å². The molecule has 0 radical (unpaired) electrons. The van der Waals surface area contributed by atoms with Gasteiger partial charge in [-0.1, -0.05) is 18.7 Å². The average Bonchev–Trinajstić information content (AvgIpc) is 2.45. The molecule has 102 valence electrons. The molecule has 1 aromatic rings. The number of nitrogens with one attached hydrogen (secondary N) is 1. The van der Waals surface area contributed by atoms with Crippen molar-refractivity contribution >= 4 is 5.57 Å². The van der Waals surface area contributed by atoms with Gasteiger partial charge in [0.05, 0.1) is 7.11 Å². The molecule has 1 N–H and O–H groups in total. The smallest absolute Gasteiger partial charge is 0.161 e. The van der Waals surface area contributed by atoms with E-state index in [1.807, 2.05) is 19.1 Å². The summed E-state index contributed by atoms with van der Waals surface area (Å²) in [5.41, 5.74) is 3.57. The van der Waals surface area contributed by atoms with Gasteiger partial charge in [0, 0.05) is 6.54 Å². The number of ether oxygens (including phenoxy) is 2. The van der Waals surface area contributed by atoms with E-state index in [4.69, 9.17) is 9.47 Å². The van der Waals surface area contributed by atoms with Gasteiger partial charge in [-0.05, 0) is 48.7 Å². The molecule has 0 saturated carbocycles. The quantitative estimate of drug-likeness (QED) is 0.824. The van der Waals surface area contributed by atoms with E-state index in [0.717, 1.165) is 36.6 Å². The molecular formula is C16H21NO2. The van der Waals surface area contributed by atoms with Crippen LogP contribution in [0.1, 0.15) is 18.9 Å². The Bertz CT molecular complexity index is 492. The van der Waals surface area contributed by atoms with E-state index in [0.29, 0.717) is 6.61 Å². The highest BCUT2D eigenvalue weighted by atomic mass is 16.5. The summed E-state index contributed by atoms with van der Waals surface area (Å²) in [7, 11) is 1.67. The van der Waals surface area contributed by atoms with Crippen molar-refractivity contribution in [2.45, 2.75) is 13.3 Å². The maximum atomic E-state index is 5.68. The Morgan fingerprint density at radius 2 is 2.21 bits per heavy atom. The van der Waals surface area contributed by atoms with E-state index in [-0.39, 0.29) is 0 Å². The van der Waals surface area contributed by atoms with Gasteiger partial charge in [-0.2, -0.15) is 0 Å². The lowest BCUT2D eigenvalue weighted by atomic mass is 10.00. The van der Waals surface area contributed by atoms with Crippen molar-refractivity contribution < 1.29 is 9.47 Å². The van der Waals surface area contributed by atoms with E-state index < -0.39 is 0 Å². The van der Waals surface area contributed by atoms with Gasteiger partial charge in [0.15, 0.2) is 11.5 Å². The zero-order valence-corrected chi connectivity index (χ0v) is 11.7. The molecule has 1 aliphatic rings. The standard InChI is InChI=1S/C16H21NO2/c1-12(2)11-19-15-5-4-14(10-16(15)18-3)13-6-8-17-9-7-13/h4-6,10,17H,1,7-9,11H2,2-3H3. The monoisotopic (exact) mass is 259 g/mol. The second-order valence-corrected chi connectivity index (χ2v) is 4.79. The van der Waals surface area contributed by atoms with Crippen LogP contribution in [0.25, 0.3) is 5.57 Å². The number of hydrogen-bond acceptors (Lipinski definition) is 3. The molecule has 19 heavy (non-hydrogen) atoms. The van der Waals surface area contributed by atoms with Gasteiger partial charge < -0.3 is 14.8 Å². The SMILES string of the molecule is C=C(C)COc1ccc(C2=CCNCC2)cc1OC. The molecule has 1 aliphatic heterocycles. The van der Waals surface area contributed by atoms with E-state index in [1.54, 1.807) is 7.11 Å². The van der Waals surface area contributed by atoms with Crippen LogP contribution in [0.3, 0.4) is 0 Å². The second kappa shape index (κ2) is 6.43. The number of rotatable bonds is 5. The summed E-state index contributed by atoms with van der Waals surface area (Å²) in [5.74, 6) is 1.54. The highest BCUT2D eigenvalue weighted by molar-refractivity contribution is 5.69. The lowest BCUT2D eigenvalue weighted by Gasteiger charge is -2.16. The highest BCUT2D eigenvalue weighted by Gasteiger charge is 2.10. The fraction of sp³-hybridized carbons (Fsp3) is 0.375. The molecule has 0 atom stereocenters. The molecule has 0 unspecified atom stereocenters. The van der Waals surface area contributed by atoms with Gasteiger partial charge in [0.2, 0.25) is 0 Å². The molecular weight excluding hydrogens is 238 g/mol. The molecule has 1 aromatic carbocycles. The minimum atomic E-state index is 0.516. The van der Waals surface area contributed by atoms with E-state index in [2.05, 4.69) is 24.0 Å². The third-order valence-corrected chi connectivity index (χ3v) is 3.07. The molecule has 0 fully saturated rings. The Hall–Kier alpha value is -1.74. The van der Waals surface area contributed by atoms with E-state index in [1.165, 1.54) is 11.1 Å². The van der Waals surface area contributed by atoms with Crippen LogP contribution in [0.15, 0.2) is 36.4 Å². The molecule has 0 saturated heterocycles. The number of benzene rings is 1. The summed E-state index contributed by atoms with van der Waals surface area (Å²) >= 11 is 0. The first-order valence-corrected chi connectivity index (χ1v) is 6.56. The lowest BCUT2D eigenvalue weighted by molar-refractivity contribution is 0.319. The summed E-state index contributed by atoms with van der Waals surface area (Å²) < 4.78 is 11.1. The van der Waals surface area contributed by atoms with Crippen LogP contribution < -0.4 is 14.8 Å². The zero-order chi connectivity index (χ0) is 13.7. The summed E-state index contributed by atoms with van der Waals surface area (Å²) in [6.07, 6.45) is 3.28. The molecule has 2 rings (SSSR count). The third-order valence-electron chi connectivity index (χ3n) is 3.07. The first-order chi connectivity index (χ1) is 9.20. The predicted octanol–water partition coefficient (Wildman–Crippen LogP) is 3.03. The summed E-state index contributed by atoms with van der Waals surface area (Å²) in [6.45, 7) is 8.26. The molecule has 1 heterocycles. The summed E-state index contributed by atoms with van der Waals surface area (Å²) in [5, 5.41) is 3.32. The van der Waals surface area contributed by atoms with Crippen LogP contribution in [0.5, 0.6) is 11.5 Å². The van der Waals surface area contributed by atoms with Crippen molar-refractivity contribution in [2.75, 3.05) is 26.8 Å². The van der Waals surface area contributed by atoms with Crippen molar-refractivity contribution in [3.8, 4) is 11.5 Å². The predicted molar refractivity (Wildman–Crippen MR) is 78.8 cm³/mol. The fourth-order valence-corrected chi connectivity index (χ4v) is 2.07. The first-order valence-electron chi connectivity index (χ1n) is 6.56. The van der Waals surface area contributed by atoms with Crippen molar-refractivity contribution in [3.05, 3.63) is 42.0 Å². The first kappa shape index (κ1) is 13.7. The Balaban J connectivity index is 2.20. The fourth-order valence-electron chi connectivity index (χ4n) is 2.07. The highest BCUT2D eigenvalue weighted by Crippen LogP contribution is 2.32. The zero-order valence-electron chi connectivity index (χ0n) is 11.7. The van der Waals surface area contributed by atoms with Gasteiger partial charge in [-0.25, -0.2) is 0 Å². The summed E-state index contributed by atoms with van der Waals surface area (Å²) in [6, 6.07) is 6.11. The molecule has 3 heteroatoms. The van der Waals surface area contributed by atoms with Crippen LogP contribution in [0.2, 0.25) is 0 Å². The lowest BCUT2D eigenvalue weighted by Crippen LogP contribution is -2.20. The average molecular weight is 259 g/mol. The summed E-state index contributed by atoms with van der Waals surface area (Å²) in [4.78, 5) is 0. The number of methoxy groups -OCH3 is 1. The van der Waals surface area contributed by atoms with Crippen molar-refractivity contribution in [1.29, 1.82) is 0 Å². The Labute approximate surface area is 114 Å². The maximum Gasteiger partial charge on any atom is 0.161 e. The van der Waals surface area contributed by atoms with Crippen molar-refractivity contribution in [3.63, 3.8) is 0 Å². The number of hydrogen-bond donors (Lipinski definition) is 1. The maximum absolute atomic E-state index is 5.68. The van der Waals surface area contributed by atoms with Gasteiger partial charge in [0.25, 0.3) is 0 Å². The molecule has 0 spiro atoms. The van der Waals surface area contributed by atoms with Crippen molar-refractivity contribution in [1.82, 2.24) is 5.32 Å². The topological polar surface area (TPSA) is 30.5 Å². The molecule has 3 nitrogen and oxygen atoms in total. The van der Waals surface area contributed by atoms with Crippen LogP contribution in [-0.2, 0) is 0 Å². The van der Waals surface area contributed by atoms with Gasteiger partial charge >= 0.3 is 0 Å². The Morgan fingerprint density at radius 1 is 1.37 bits per heavy atom. The second-order valence-electron chi connectivity index (χ2n) is 4.79. The largest absolute Gasteiger partial charge is 0.493 e. The van der Waals surface area contributed by atoms with E-state index >= 15 is 0 Å². The minimum Gasteiger partial charge on any atom is -0.493 e. The van der Waals surface area contributed by atoms with Gasteiger partial charge in [-0.15, -0.1) is 0 Å². The minimum absolute atomic E-state index is 0.516. The molecule has 0 amide bonds. The van der Waals surface area contributed by atoms with Gasteiger partial charge in [0.1, 0.15) is 6.61 Å². The Kier molecular flexibility index (Phi) is 4.63. The normalized spacial score (nSPS) is 14.7. The van der Waals surface area contributed by atoms with Gasteiger partial charge in [-0.3, -0.25) is 0 Å². The van der Waals surface area contributed by atoms with Crippen LogP contribution in [0, 0.1) is 0 Å². The van der Waals surface area contributed by atoms with Crippen LogP contribution in [0.4, 0.5) is 0 Å². The van der Waals surface area contributed by atoms with Crippen LogP contribution >= 0.6 is 0 Å². The molecule has 0 aromatic heterocycles.